The maximum atomic E-state index is 14.6. The zero-order valence-corrected chi connectivity index (χ0v) is 29.9. The average Bonchev–Trinajstić information content (AvgIpc) is 2.99. The van der Waals surface area contributed by atoms with Gasteiger partial charge in [-0.15, -0.1) is 0 Å². The minimum Gasteiger partial charge on any atom is -0.458 e. The van der Waals surface area contributed by atoms with Gasteiger partial charge in [0, 0.05) is 13.0 Å². The van der Waals surface area contributed by atoms with E-state index in [2.05, 4.69) is 17.6 Å². The molecule has 0 bridgehead atoms. The zero-order chi connectivity index (χ0) is 35.2. The lowest BCUT2D eigenvalue weighted by Crippen LogP contribution is -2.56. The van der Waals surface area contributed by atoms with Crippen LogP contribution in [-0.4, -0.2) is 58.6 Å². The second-order valence-corrected chi connectivity index (χ2v) is 14.2. The molecular formula is C38H57N3O6. The van der Waals surface area contributed by atoms with Crippen molar-refractivity contribution in [3.8, 4) is 0 Å². The fraction of sp³-hybridized carbons (Fsp3) is 0.579. The highest BCUT2D eigenvalue weighted by Gasteiger charge is 2.39. The maximum absolute atomic E-state index is 14.6. The van der Waals surface area contributed by atoms with Crippen LogP contribution in [0.15, 0.2) is 60.7 Å². The first-order chi connectivity index (χ1) is 22.1. The molecule has 4 atom stereocenters. The summed E-state index contributed by atoms with van der Waals surface area (Å²) in [5, 5.41) is 5.77. The van der Waals surface area contributed by atoms with E-state index in [4.69, 9.17) is 9.47 Å². The number of esters is 1. The fourth-order valence-electron chi connectivity index (χ4n) is 5.15. The molecule has 0 aliphatic heterocycles. The molecule has 9 heteroatoms. The third kappa shape index (κ3) is 13.8. The Balaban J connectivity index is 2.60. The SMILES string of the molecule is CCCCCCN(C(=O)C(NC(=O)OC(C)(C)C)C(C)CC)C(C(=O)NC(Cc1ccccc1)C(=O)OC(C)(C)C)c1ccccc1. The van der Waals surface area contributed by atoms with Gasteiger partial charge in [-0.2, -0.15) is 0 Å². The van der Waals surface area contributed by atoms with Gasteiger partial charge in [-0.05, 0) is 65.0 Å². The minimum absolute atomic E-state index is 0.211. The van der Waals surface area contributed by atoms with Crippen molar-refractivity contribution in [2.75, 3.05) is 6.54 Å². The van der Waals surface area contributed by atoms with Crippen LogP contribution in [0.4, 0.5) is 4.79 Å². The molecule has 2 N–H and O–H groups in total. The smallest absolute Gasteiger partial charge is 0.408 e. The molecule has 0 radical (unpaired) electrons. The third-order valence-electron chi connectivity index (χ3n) is 7.65. The van der Waals surface area contributed by atoms with E-state index in [0.29, 0.717) is 18.4 Å². The summed E-state index contributed by atoms with van der Waals surface area (Å²) < 4.78 is 11.3. The molecule has 2 rings (SSSR count). The van der Waals surface area contributed by atoms with Crippen molar-refractivity contribution < 1.29 is 28.7 Å². The largest absolute Gasteiger partial charge is 0.458 e. The number of nitrogens with zero attached hydrogens (tertiary/aromatic N) is 1. The van der Waals surface area contributed by atoms with Crippen LogP contribution in [0.3, 0.4) is 0 Å². The summed E-state index contributed by atoms with van der Waals surface area (Å²) in [7, 11) is 0. The molecule has 260 valence electrons. The van der Waals surface area contributed by atoms with Gasteiger partial charge in [-0.3, -0.25) is 9.59 Å². The predicted octanol–water partition coefficient (Wildman–Crippen LogP) is 7.15. The number of nitrogens with one attached hydrogen (secondary N) is 2. The maximum Gasteiger partial charge on any atom is 0.408 e. The minimum atomic E-state index is -1.07. The van der Waals surface area contributed by atoms with Crippen molar-refractivity contribution in [2.45, 2.75) is 130 Å². The quantitative estimate of drug-likeness (QED) is 0.147. The monoisotopic (exact) mass is 651 g/mol. The van der Waals surface area contributed by atoms with Crippen molar-refractivity contribution in [1.82, 2.24) is 15.5 Å². The van der Waals surface area contributed by atoms with E-state index in [1.165, 1.54) is 0 Å². The Morgan fingerprint density at radius 2 is 1.34 bits per heavy atom. The van der Waals surface area contributed by atoms with Crippen LogP contribution in [0.25, 0.3) is 0 Å². The fourth-order valence-corrected chi connectivity index (χ4v) is 5.15. The van der Waals surface area contributed by atoms with E-state index in [-0.39, 0.29) is 24.8 Å². The number of alkyl carbamates (subject to hydrolysis) is 1. The second kappa shape index (κ2) is 18.5. The van der Waals surface area contributed by atoms with Crippen LogP contribution in [0.1, 0.15) is 112 Å². The molecule has 0 spiro atoms. The Hall–Kier alpha value is -3.88. The molecule has 0 saturated carbocycles. The highest BCUT2D eigenvalue weighted by atomic mass is 16.6. The normalized spacial score (nSPS) is 14.2. The molecule has 0 aromatic heterocycles. The topological polar surface area (TPSA) is 114 Å². The summed E-state index contributed by atoms with van der Waals surface area (Å²) in [6.45, 7) is 16.9. The van der Waals surface area contributed by atoms with Gasteiger partial charge in [-0.1, -0.05) is 107 Å². The van der Waals surface area contributed by atoms with Crippen molar-refractivity contribution in [1.29, 1.82) is 0 Å². The van der Waals surface area contributed by atoms with Gasteiger partial charge in [0.25, 0.3) is 0 Å². The molecule has 3 amide bonds. The molecule has 0 fully saturated rings. The first-order valence-electron chi connectivity index (χ1n) is 17.0. The molecule has 2 aromatic carbocycles. The van der Waals surface area contributed by atoms with Crippen LogP contribution in [0.5, 0.6) is 0 Å². The van der Waals surface area contributed by atoms with Gasteiger partial charge in [-0.25, -0.2) is 9.59 Å². The van der Waals surface area contributed by atoms with Crippen LogP contribution in [0, 0.1) is 5.92 Å². The van der Waals surface area contributed by atoms with Gasteiger partial charge in [0.1, 0.15) is 29.3 Å². The molecule has 0 aliphatic carbocycles. The first kappa shape index (κ1) is 39.3. The molecule has 9 nitrogen and oxygen atoms in total. The first-order valence-corrected chi connectivity index (χ1v) is 17.0. The lowest BCUT2D eigenvalue weighted by molar-refractivity contribution is -0.159. The van der Waals surface area contributed by atoms with E-state index < -0.39 is 47.3 Å². The van der Waals surface area contributed by atoms with Crippen LogP contribution in [-0.2, 0) is 30.3 Å². The van der Waals surface area contributed by atoms with E-state index >= 15 is 0 Å². The Morgan fingerprint density at radius 1 is 0.766 bits per heavy atom. The Labute approximate surface area is 282 Å². The predicted molar refractivity (Wildman–Crippen MR) is 186 cm³/mol. The van der Waals surface area contributed by atoms with E-state index in [1.807, 2.05) is 62.4 Å². The van der Waals surface area contributed by atoms with Gasteiger partial charge < -0.3 is 25.0 Å². The number of benzene rings is 2. The number of hydrogen-bond donors (Lipinski definition) is 2. The van der Waals surface area contributed by atoms with Crippen LogP contribution < -0.4 is 10.6 Å². The van der Waals surface area contributed by atoms with Crippen LogP contribution in [0.2, 0.25) is 0 Å². The summed E-state index contributed by atoms with van der Waals surface area (Å²) in [6, 6.07) is 15.5. The lowest BCUT2D eigenvalue weighted by atomic mass is 9.95. The highest BCUT2D eigenvalue weighted by Crippen LogP contribution is 2.26. The number of unbranched alkanes of at least 4 members (excludes halogenated alkanes) is 3. The Morgan fingerprint density at radius 3 is 1.87 bits per heavy atom. The summed E-state index contributed by atoms with van der Waals surface area (Å²) in [5.74, 6) is -1.71. The molecule has 0 saturated heterocycles. The number of ether oxygens (including phenoxy) is 2. The molecule has 4 unspecified atom stereocenters. The standard InChI is InChI=1S/C38H57N3O6/c1-10-12-13-20-25-41(34(43)31(27(3)11-2)40-36(45)47-38(7,8)9)32(29-23-18-15-19-24-29)33(42)39-30(35(44)46-37(4,5)6)26-28-21-16-14-17-22-28/h14-19,21-24,27,30-32H,10-13,20,25-26H2,1-9H3,(H,39,42)(H,40,45). The van der Waals surface area contributed by atoms with Crippen LogP contribution >= 0.6 is 0 Å². The van der Waals surface area contributed by atoms with Crippen molar-refractivity contribution in [2.24, 2.45) is 5.92 Å². The van der Waals surface area contributed by atoms with E-state index in [1.54, 1.807) is 58.6 Å². The van der Waals surface area contributed by atoms with E-state index in [9.17, 15) is 19.2 Å². The van der Waals surface area contributed by atoms with Crippen molar-refractivity contribution in [3.05, 3.63) is 71.8 Å². The van der Waals surface area contributed by atoms with Crippen molar-refractivity contribution >= 4 is 23.9 Å². The van der Waals surface area contributed by atoms with Gasteiger partial charge in [0.15, 0.2) is 0 Å². The van der Waals surface area contributed by atoms with E-state index in [0.717, 1.165) is 24.8 Å². The summed E-state index contributed by atoms with van der Waals surface area (Å²) in [6.07, 6.45) is 3.63. The Bertz CT molecular complexity index is 1270. The van der Waals surface area contributed by atoms with Gasteiger partial charge in [0.2, 0.25) is 11.8 Å². The summed E-state index contributed by atoms with van der Waals surface area (Å²) in [4.78, 5) is 57.1. The molecule has 0 aliphatic rings. The van der Waals surface area contributed by atoms with Crippen molar-refractivity contribution in [3.63, 3.8) is 0 Å². The number of rotatable bonds is 16. The highest BCUT2D eigenvalue weighted by molar-refractivity contribution is 5.94. The molecule has 47 heavy (non-hydrogen) atoms. The summed E-state index contributed by atoms with van der Waals surface area (Å²) >= 11 is 0. The molecular weight excluding hydrogens is 594 g/mol. The number of carbonyl (C=O) groups excluding carboxylic acids is 4. The Kier molecular flexibility index (Phi) is 15.4. The third-order valence-corrected chi connectivity index (χ3v) is 7.65. The summed E-state index contributed by atoms with van der Waals surface area (Å²) in [5.41, 5.74) is -0.0785. The number of carbonyl (C=O) groups is 4. The number of amides is 3. The number of hydrogen-bond acceptors (Lipinski definition) is 6. The molecule has 0 heterocycles. The van der Waals surface area contributed by atoms with Gasteiger partial charge in [0.05, 0.1) is 0 Å². The lowest BCUT2D eigenvalue weighted by Gasteiger charge is -2.36. The van der Waals surface area contributed by atoms with Gasteiger partial charge >= 0.3 is 12.1 Å². The zero-order valence-electron chi connectivity index (χ0n) is 29.9. The average molecular weight is 652 g/mol. The molecule has 2 aromatic rings. The second-order valence-electron chi connectivity index (χ2n) is 14.2.